The Morgan fingerprint density at radius 1 is 1.29 bits per heavy atom. The molecule has 5 nitrogen and oxygen atoms in total. The van der Waals surface area contributed by atoms with E-state index in [1.54, 1.807) is 13.0 Å². The molecule has 0 bridgehead atoms. The Bertz CT molecular complexity index is 608. The molecule has 0 aliphatic carbocycles. The van der Waals surface area contributed by atoms with Crippen molar-refractivity contribution in [1.29, 1.82) is 0 Å². The van der Waals surface area contributed by atoms with E-state index in [0.29, 0.717) is 25.1 Å². The summed E-state index contributed by atoms with van der Waals surface area (Å²) in [5, 5.41) is 9.07. The van der Waals surface area contributed by atoms with Gasteiger partial charge in [-0.3, -0.25) is 0 Å². The molecule has 1 aromatic carbocycles. The van der Waals surface area contributed by atoms with Crippen molar-refractivity contribution in [2.45, 2.75) is 39.0 Å². The highest BCUT2D eigenvalue weighted by Gasteiger charge is 2.26. The van der Waals surface area contributed by atoms with Gasteiger partial charge in [-0.15, -0.1) is 0 Å². The Labute approximate surface area is 126 Å². The van der Waals surface area contributed by atoms with Gasteiger partial charge >= 0.3 is 5.97 Å². The summed E-state index contributed by atoms with van der Waals surface area (Å²) in [6.07, 6.45) is 0.535. The van der Waals surface area contributed by atoms with Gasteiger partial charge in [0.25, 0.3) is 0 Å². The highest BCUT2D eigenvalue weighted by Crippen LogP contribution is 2.23. The number of rotatable bonds is 7. The largest absolute Gasteiger partial charge is 0.478 e. The minimum Gasteiger partial charge on any atom is -0.478 e. The predicted molar refractivity (Wildman–Crippen MR) is 82.1 cm³/mol. The van der Waals surface area contributed by atoms with Crippen LogP contribution < -0.4 is 0 Å². The molecule has 0 aliphatic rings. The summed E-state index contributed by atoms with van der Waals surface area (Å²) in [6.45, 7) is 8.32. The number of hydrogen-bond acceptors (Lipinski definition) is 3. The summed E-state index contributed by atoms with van der Waals surface area (Å²) < 4.78 is 27.0. The lowest BCUT2D eigenvalue weighted by Gasteiger charge is -2.23. The molecule has 0 aromatic heterocycles. The quantitative estimate of drug-likeness (QED) is 0.839. The van der Waals surface area contributed by atoms with E-state index in [2.05, 4.69) is 0 Å². The maximum Gasteiger partial charge on any atom is 0.335 e. The second kappa shape index (κ2) is 7.04. The van der Waals surface area contributed by atoms with Crippen molar-refractivity contribution in [2.75, 3.05) is 13.1 Å². The number of hydrogen-bond donors (Lipinski definition) is 1. The average Bonchev–Trinajstić information content (AvgIpc) is 2.43. The van der Waals surface area contributed by atoms with Crippen LogP contribution in [0.5, 0.6) is 0 Å². The number of aryl methyl sites for hydroxylation is 1. The van der Waals surface area contributed by atoms with Crippen LogP contribution in [0.4, 0.5) is 0 Å². The van der Waals surface area contributed by atoms with E-state index in [1.807, 2.05) is 20.8 Å². The van der Waals surface area contributed by atoms with Crippen LogP contribution in [0.25, 0.3) is 0 Å². The fourth-order valence-corrected chi connectivity index (χ4v) is 4.10. The van der Waals surface area contributed by atoms with Crippen LogP contribution >= 0.6 is 0 Å². The van der Waals surface area contributed by atoms with Gasteiger partial charge in [-0.05, 0) is 30.0 Å². The fourth-order valence-electron chi connectivity index (χ4n) is 2.16. The van der Waals surface area contributed by atoms with E-state index in [0.717, 1.165) is 0 Å². The van der Waals surface area contributed by atoms with Crippen molar-refractivity contribution >= 4 is 16.0 Å². The summed E-state index contributed by atoms with van der Waals surface area (Å²) in [5.74, 6) is -0.923. The first kappa shape index (κ1) is 17.7. The summed E-state index contributed by atoms with van der Waals surface area (Å²) >= 11 is 0. The second-order valence-corrected chi connectivity index (χ2v) is 7.24. The van der Waals surface area contributed by atoms with E-state index in [4.69, 9.17) is 5.11 Å². The summed E-state index contributed by atoms with van der Waals surface area (Å²) in [6, 6.07) is 4.29. The lowest BCUT2D eigenvalue weighted by Crippen LogP contribution is -2.34. The standard InChI is InChI=1S/C15H23NO4S/c1-5-12-7-8-13(15(17)18)9-14(12)21(19,20)16(6-2)10-11(3)4/h7-9,11H,5-6,10H2,1-4H3,(H,17,18). The first-order valence-corrected chi connectivity index (χ1v) is 8.54. The van der Waals surface area contributed by atoms with Gasteiger partial charge in [0.2, 0.25) is 10.0 Å². The van der Waals surface area contributed by atoms with Crippen molar-refractivity contribution in [3.05, 3.63) is 29.3 Å². The molecule has 0 saturated carbocycles. The zero-order chi connectivity index (χ0) is 16.2. The highest BCUT2D eigenvalue weighted by atomic mass is 32.2. The molecule has 0 unspecified atom stereocenters. The number of carboxylic acids is 1. The Morgan fingerprint density at radius 2 is 1.90 bits per heavy atom. The molecular formula is C15H23NO4S. The van der Waals surface area contributed by atoms with Crippen LogP contribution in [-0.4, -0.2) is 36.9 Å². The number of aromatic carboxylic acids is 1. The molecule has 1 aromatic rings. The third-order valence-electron chi connectivity index (χ3n) is 3.23. The first-order valence-electron chi connectivity index (χ1n) is 7.10. The molecular weight excluding hydrogens is 290 g/mol. The van der Waals surface area contributed by atoms with Crippen LogP contribution in [0, 0.1) is 5.92 Å². The average molecular weight is 313 g/mol. The minimum absolute atomic E-state index is 0.00799. The third-order valence-corrected chi connectivity index (χ3v) is 5.26. The van der Waals surface area contributed by atoms with Crippen molar-refractivity contribution in [3.63, 3.8) is 0 Å². The second-order valence-electron chi connectivity index (χ2n) is 5.33. The Morgan fingerprint density at radius 3 is 2.33 bits per heavy atom. The summed E-state index contributed by atoms with van der Waals surface area (Å²) in [4.78, 5) is 11.2. The molecule has 0 aliphatic heterocycles. The fraction of sp³-hybridized carbons (Fsp3) is 0.533. The van der Waals surface area contributed by atoms with Crippen molar-refractivity contribution in [2.24, 2.45) is 5.92 Å². The number of benzene rings is 1. The SMILES string of the molecule is CCc1ccc(C(=O)O)cc1S(=O)(=O)N(CC)CC(C)C. The molecule has 21 heavy (non-hydrogen) atoms. The van der Waals surface area contributed by atoms with Gasteiger partial charge in [0.15, 0.2) is 0 Å². The number of nitrogens with zero attached hydrogens (tertiary/aromatic N) is 1. The first-order chi connectivity index (χ1) is 9.73. The molecule has 0 atom stereocenters. The molecule has 118 valence electrons. The maximum atomic E-state index is 12.8. The Balaban J connectivity index is 3.40. The molecule has 0 radical (unpaired) electrons. The van der Waals surface area contributed by atoms with E-state index >= 15 is 0 Å². The number of carbonyl (C=O) groups is 1. The zero-order valence-electron chi connectivity index (χ0n) is 13.0. The van der Waals surface area contributed by atoms with E-state index in [9.17, 15) is 13.2 Å². The van der Waals surface area contributed by atoms with Crippen molar-refractivity contribution in [3.8, 4) is 0 Å². The Hall–Kier alpha value is -1.40. The molecule has 0 saturated heterocycles. The van der Waals surface area contributed by atoms with E-state index < -0.39 is 16.0 Å². The molecule has 1 rings (SSSR count). The van der Waals surface area contributed by atoms with Crippen LogP contribution in [0.3, 0.4) is 0 Å². The Kier molecular flexibility index (Phi) is 5.92. The van der Waals surface area contributed by atoms with Crippen LogP contribution in [0.2, 0.25) is 0 Å². The lowest BCUT2D eigenvalue weighted by molar-refractivity contribution is 0.0696. The molecule has 0 amide bonds. The number of sulfonamides is 1. The smallest absolute Gasteiger partial charge is 0.335 e. The predicted octanol–water partition coefficient (Wildman–Crippen LogP) is 2.61. The van der Waals surface area contributed by atoms with Crippen molar-refractivity contribution < 1.29 is 18.3 Å². The van der Waals surface area contributed by atoms with E-state index in [-0.39, 0.29) is 16.4 Å². The summed E-state index contributed by atoms with van der Waals surface area (Å²) in [5.41, 5.74) is 0.633. The topological polar surface area (TPSA) is 74.7 Å². The van der Waals surface area contributed by atoms with Gasteiger partial charge in [-0.2, -0.15) is 4.31 Å². The van der Waals surface area contributed by atoms with Gasteiger partial charge in [0.05, 0.1) is 10.5 Å². The third kappa shape index (κ3) is 4.04. The number of carboxylic acid groups (broad SMARTS) is 1. The van der Waals surface area contributed by atoms with Gasteiger partial charge < -0.3 is 5.11 Å². The monoisotopic (exact) mass is 313 g/mol. The molecule has 6 heteroatoms. The molecule has 0 fully saturated rings. The van der Waals surface area contributed by atoms with Gasteiger partial charge in [-0.25, -0.2) is 13.2 Å². The van der Waals surface area contributed by atoms with E-state index in [1.165, 1.54) is 16.4 Å². The normalized spacial score (nSPS) is 12.1. The lowest BCUT2D eigenvalue weighted by atomic mass is 10.1. The molecule has 0 heterocycles. The van der Waals surface area contributed by atoms with Crippen LogP contribution in [0.1, 0.15) is 43.6 Å². The van der Waals surface area contributed by atoms with Gasteiger partial charge in [0.1, 0.15) is 0 Å². The van der Waals surface area contributed by atoms with Crippen LogP contribution in [0.15, 0.2) is 23.1 Å². The summed E-state index contributed by atoms with van der Waals surface area (Å²) in [7, 11) is -3.67. The molecule has 1 N–H and O–H groups in total. The maximum absolute atomic E-state index is 12.8. The highest BCUT2D eigenvalue weighted by molar-refractivity contribution is 7.89. The molecule has 0 spiro atoms. The van der Waals surface area contributed by atoms with Gasteiger partial charge in [-0.1, -0.05) is 33.8 Å². The van der Waals surface area contributed by atoms with Crippen LogP contribution in [-0.2, 0) is 16.4 Å². The minimum atomic E-state index is -3.67. The van der Waals surface area contributed by atoms with Gasteiger partial charge in [0, 0.05) is 13.1 Å². The van der Waals surface area contributed by atoms with Crippen molar-refractivity contribution in [1.82, 2.24) is 4.31 Å². The zero-order valence-corrected chi connectivity index (χ0v) is 13.8.